The Morgan fingerprint density at radius 2 is 1.80 bits per heavy atom. The molecule has 1 aliphatic heterocycles. The number of halogens is 1. The van der Waals surface area contributed by atoms with Crippen LogP contribution in [-0.4, -0.2) is 48.3 Å². The van der Waals surface area contributed by atoms with Gasteiger partial charge in [0.2, 0.25) is 5.91 Å². The molecule has 1 heterocycles. The van der Waals surface area contributed by atoms with E-state index in [0.29, 0.717) is 24.9 Å². The molecule has 0 radical (unpaired) electrons. The summed E-state index contributed by atoms with van der Waals surface area (Å²) in [5.41, 5.74) is 1.50. The lowest BCUT2D eigenvalue weighted by atomic mass is 9.96. The van der Waals surface area contributed by atoms with Gasteiger partial charge in [-0.25, -0.2) is 4.39 Å². The number of hydrogen-bond donors (Lipinski definition) is 3. The second-order valence-electron chi connectivity index (χ2n) is 7.43. The van der Waals surface area contributed by atoms with Crippen molar-refractivity contribution in [2.45, 2.75) is 43.9 Å². The van der Waals surface area contributed by atoms with Crippen LogP contribution < -0.4 is 10.6 Å². The maximum absolute atomic E-state index is 13.0. The van der Waals surface area contributed by atoms with E-state index in [2.05, 4.69) is 10.6 Å². The van der Waals surface area contributed by atoms with Gasteiger partial charge in [0, 0.05) is 12.1 Å². The van der Waals surface area contributed by atoms with Crippen LogP contribution in [0.4, 0.5) is 4.39 Å². The van der Waals surface area contributed by atoms with Gasteiger partial charge in [-0.15, -0.1) is 0 Å². The van der Waals surface area contributed by atoms with Crippen LogP contribution in [0.3, 0.4) is 0 Å². The summed E-state index contributed by atoms with van der Waals surface area (Å²) >= 11 is 0. The predicted molar refractivity (Wildman–Crippen MR) is 110 cm³/mol. The third-order valence-electron chi connectivity index (χ3n) is 5.21. The number of carbonyl (C=O) groups is 2. The predicted octanol–water partition coefficient (Wildman–Crippen LogP) is 2.21. The molecule has 0 unspecified atom stereocenters. The number of nitrogens with one attached hydrogen (secondary N) is 2. The smallest absolute Gasteiger partial charge is 0.251 e. The third-order valence-corrected chi connectivity index (χ3v) is 5.21. The molecule has 2 aromatic carbocycles. The van der Waals surface area contributed by atoms with Crippen LogP contribution in [0.1, 0.15) is 35.2 Å². The second kappa shape index (κ2) is 10.8. The van der Waals surface area contributed by atoms with Gasteiger partial charge in [0.05, 0.1) is 25.2 Å². The molecule has 0 saturated carbocycles. The van der Waals surface area contributed by atoms with Gasteiger partial charge in [0.1, 0.15) is 11.9 Å². The molecule has 30 heavy (non-hydrogen) atoms. The van der Waals surface area contributed by atoms with Crippen molar-refractivity contribution in [3.05, 3.63) is 71.5 Å². The van der Waals surface area contributed by atoms with E-state index in [9.17, 15) is 19.1 Å². The van der Waals surface area contributed by atoms with E-state index in [1.807, 2.05) is 30.3 Å². The van der Waals surface area contributed by atoms with Gasteiger partial charge in [-0.1, -0.05) is 30.3 Å². The largest absolute Gasteiger partial charge is 0.394 e. The zero-order chi connectivity index (χ0) is 21.3. The molecule has 3 rings (SSSR count). The van der Waals surface area contributed by atoms with Crippen molar-refractivity contribution in [2.24, 2.45) is 0 Å². The van der Waals surface area contributed by atoms with Gasteiger partial charge in [-0.2, -0.15) is 0 Å². The van der Waals surface area contributed by atoms with Crippen molar-refractivity contribution in [1.29, 1.82) is 0 Å². The Labute approximate surface area is 175 Å². The summed E-state index contributed by atoms with van der Waals surface area (Å²) in [6, 6.07) is 14.8. The van der Waals surface area contributed by atoms with Gasteiger partial charge in [0.25, 0.3) is 5.91 Å². The van der Waals surface area contributed by atoms with E-state index in [-0.39, 0.29) is 37.0 Å². The second-order valence-corrected chi connectivity index (χ2v) is 7.43. The molecule has 6 nitrogen and oxygen atoms in total. The Bertz CT molecular complexity index is 829. The molecule has 1 aliphatic rings. The van der Waals surface area contributed by atoms with Crippen LogP contribution in [-0.2, 0) is 16.0 Å². The average molecular weight is 414 g/mol. The Hall–Kier alpha value is -2.77. The fraction of sp³-hybridized carbons (Fsp3) is 0.391. The Morgan fingerprint density at radius 1 is 1.07 bits per heavy atom. The zero-order valence-corrected chi connectivity index (χ0v) is 16.7. The van der Waals surface area contributed by atoms with Crippen molar-refractivity contribution < 1.29 is 23.8 Å². The van der Waals surface area contributed by atoms with Gasteiger partial charge < -0.3 is 20.5 Å². The number of amides is 2. The minimum absolute atomic E-state index is 0.0959. The molecule has 3 atom stereocenters. The standard InChI is InChI=1S/C23H27FN2O4/c24-18-8-6-17(7-9-18)23(29)26-20-11-10-19(30-21(20)15-27)14-22(28)25-13-12-16-4-2-1-3-5-16/h1-9,19-21,27H,10-15H2,(H,25,28)(H,26,29)/t19-,20-,21+/m1/s1. The summed E-state index contributed by atoms with van der Waals surface area (Å²) in [6.07, 6.45) is 1.25. The molecule has 1 saturated heterocycles. The van der Waals surface area contributed by atoms with Gasteiger partial charge in [-0.3, -0.25) is 9.59 Å². The van der Waals surface area contributed by atoms with Gasteiger partial charge in [0.15, 0.2) is 0 Å². The average Bonchev–Trinajstić information content (AvgIpc) is 2.76. The number of benzene rings is 2. The van der Waals surface area contributed by atoms with Crippen molar-refractivity contribution in [3.8, 4) is 0 Å². The topological polar surface area (TPSA) is 87.7 Å². The lowest BCUT2D eigenvalue weighted by molar-refractivity contribution is -0.130. The van der Waals surface area contributed by atoms with Crippen LogP contribution in [0.15, 0.2) is 54.6 Å². The van der Waals surface area contributed by atoms with E-state index >= 15 is 0 Å². The first-order valence-corrected chi connectivity index (χ1v) is 10.2. The van der Waals surface area contributed by atoms with E-state index in [4.69, 9.17) is 4.74 Å². The van der Waals surface area contributed by atoms with E-state index in [0.717, 1.165) is 12.0 Å². The number of ether oxygens (including phenoxy) is 1. The highest BCUT2D eigenvalue weighted by Gasteiger charge is 2.33. The molecule has 7 heteroatoms. The number of aliphatic hydroxyl groups excluding tert-OH is 1. The van der Waals surface area contributed by atoms with Crippen LogP contribution in [0.2, 0.25) is 0 Å². The van der Waals surface area contributed by atoms with Crippen molar-refractivity contribution in [1.82, 2.24) is 10.6 Å². The summed E-state index contributed by atoms with van der Waals surface area (Å²) in [6.45, 7) is 0.288. The summed E-state index contributed by atoms with van der Waals surface area (Å²) in [5.74, 6) is -0.855. The minimum atomic E-state index is -0.592. The van der Waals surface area contributed by atoms with Crippen LogP contribution in [0, 0.1) is 5.82 Å². The lowest BCUT2D eigenvalue weighted by Gasteiger charge is -2.36. The van der Waals surface area contributed by atoms with Crippen molar-refractivity contribution in [2.75, 3.05) is 13.2 Å². The van der Waals surface area contributed by atoms with E-state index in [1.54, 1.807) is 0 Å². The Morgan fingerprint density at radius 3 is 2.50 bits per heavy atom. The summed E-state index contributed by atoms with van der Waals surface area (Å²) in [4.78, 5) is 24.6. The minimum Gasteiger partial charge on any atom is -0.394 e. The first kappa shape index (κ1) is 21.9. The number of carbonyl (C=O) groups excluding carboxylic acids is 2. The maximum atomic E-state index is 13.0. The van der Waals surface area contributed by atoms with Crippen LogP contribution >= 0.6 is 0 Å². The highest BCUT2D eigenvalue weighted by Crippen LogP contribution is 2.22. The third kappa shape index (κ3) is 6.37. The lowest BCUT2D eigenvalue weighted by Crippen LogP contribution is -2.51. The molecule has 3 N–H and O–H groups in total. The Kier molecular flexibility index (Phi) is 7.93. The molecule has 2 amide bonds. The molecule has 0 aromatic heterocycles. The molecule has 0 aliphatic carbocycles. The normalized spacial score (nSPS) is 21.1. The first-order chi connectivity index (χ1) is 14.5. The fourth-order valence-corrected chi connectivity index (χ4v) is 3.57. The molecule has 0 spiro atoms. The Balaban J connectivity index is 1.43. The first-order valence-electron chi connectivity index (χ1n) is 10.2. The molecular formula is C23H27FN2O4. The summed E-state index contributed by atoms with van der Waals surface area (Å²) in [5, 5.41) is 15.4. The van der Waals surface area contributed by atoms with Crippen LogP contribution in [0.25, 0.3) is 0 Å². The van der Waals surface area contributed by atoms with Crippen molar-refractivity contribution >= 4 is 11.8 Å². The molecule has 0 bridgehead atoms. The molecule has 1 fully saturated rings. The number of aliphatic hydroxyl groups is 1. The maximum Gasteiger partial charge on any atom is 0.251 e. The number of hydrogen-bond acceptors (Lipinski definition) is 4. The summed E-state index contributed by atoms with van der Waals surface area (Å²) < 4.78 is 18.9. The van der Waals surface area contributed by atoms with E-state index in [1.165, 1.54) is 24.3 Å². The van der Waals surface area contributed by atoms with E-state index < -0.39 is 11.9 Å². The highest BCUT2D eigenvalue weighted by atomic mass is 19.1. The fourth-order valence-electron chi connectivity index (χ4n) is 3.57. The SMILES string of the molecule is O=C(C[C@H]1CC[C@@H](NC(=O)c2ccc(F)cc2)[C@H](CO)O1)NCCc1ccccc1. The monoisotopic (exact) mass is 414 g/mol. The number of rotatable bonds is 8. The molecule has 160 valence electrons. The molecule has 2 aromatic rings. The highest BCUT2D eigenvalue weighted by molar-refractivity contribution is 5.94. The quantitative estimate of drug-likeness (QED) is 0.618. The summed E-state index contributed by atoms with van der Waals surface area (Å²) in [7, 11) is 0. The zero-order valence-electron chi connectivity index (χ0n) is 16.7. The molecular weight excluding hydrogens is 387 g/mol. The van der Waals surface area contributed by atoms with Crippen molar-refractivity contribution in [3.63, 3.8) is 0 Å². The van der Waals surface area contributed by atoms with Crippen LogP contribution in [0.5, 0.6) is 0 Å². The van der Waals surface area contributed by atoms with Gasteiger partial charge >= 0.3 is 0 Å². The van der Waals surface area contributed by atoms with Gasteiger partial charge in [-0.05, 0) is 49.1 Å².